The Morgan fingerprint density at radius 3 is 2.47 bits per heavy atom. The van der Waals surface area contributed by atoms with Crippen molar-refractivity contribution < 1.29 is 9.59 Å². The number of amides is 2. The van der Waals surface area contributed by atoms with Crippen LogP contribution >= 0.6 is 11.8 Å². The van der Waals surface area contributed by atoms with E-state index >= 15 is 0 Å². The molecule has 0 radical (unpaired) electrons. The van der Waals surface area contributed by atoms with Crippen molar-refractivity contribution in [2.24, 2.45) is 0 Å². The summed E-state index contributed by atoms with van der Waals surface area (Å²) in [6, 6.07) is 17.1. The Bertz CT molecular complexity index is 1170. The van der Waals surface area contributed by atoms with E-state index in [0.717, 1.165) is 18.4 Å². The van der Waals surface area contributed by atoms with Gasteiger partial charge in [-0.15, -0.1) is 0 Å². The number of hydrogen-bond donors (Lipinski definition) is 1. The lowest BCUT2D eigenvalue weighted by atomic mass is 10.1. The van der Waals surface area contributed by atoms with Crippen LogP contribution in [-0.4, -0.2) is 51.1 Å². The molecular weight excluding hydrogens is 424 g/mol. The molecule has 0 unspecified atom stereocenters. The molecule has 1 saturated heterocycles. The molecule has 0 aliphatic carbocycles. The van der Waals surface area contributed by atoms with E-state index in [0.29, 0.717) is 35.7 Å². The van der Waals surface area contributed by atoms with E-state index in [2.05, 4.69) is 10.3 Å². The molecule has 1 aromatic heterocycles. The number of nitrogens with one attached hydrogen (secondary N) is 1. The van der Waals surface area contributed by atoms with E-state index in [9.17, 15) is 14.4 Å². The second-order valence-corrected chi connectivity index (χ2v) is 8.87. The molecule has 8 heteroatoms. The normalized spacial score (nSPS) is 14.5. The van der Waals surface area contributed by atoms with Crippen LogP contribution in [0.5, 0.6) is 0 Å². The van der Waals surface area contributed by atoms with Gasteiger partial charge in [0.05, 0.1) is 23.2 Å². The monoisotopic (exact) mass is 450 g/mol. The number of piperidine rings is 1. The average Bonchev–Trinajstić information content (AvgIpc) is 2.81. The minimum absolute atomic E-state index is 0.0646. The molecule has 0 atom stereocenters. The van der Waals surface area contributed by atoms with Gasteiger partial charge >= 0.3 is 0 Å². The van der Waals surface area contributed by atoms with Gasteiger partial charge in [-0.3, -0.25) is 19.0 Å². The van der Waals surface area contributed by atoms with Gasteiger partial charge in [-0.2, -0.15) is 0 Å². The highest BCUT2D eigenvalue weighted by molar-refractivity contribution is 7.99. The lowest BCUT2D eigenvalue weighted by Crippen LogP contribution is -2.46. The molecule has 2 heterocycles. The predicted octanol–water partition coefficient (Wildman–Crippen LogP) is 2.66. The van der Waals surface area contributed by atoms with Crippen LogP contribution < -0.4 is 10.9 Å². The molecule has 1 aliphatic rings. The zero-order chi connectivity index (χ0) is 22.5. The molecule has 0 saturated carbocycles. The van der Waals surface area contributed by atoms with Gasteiger partial charge in [-0.25, -0.2) is 4.98 Å². The summed E-state index contributed by atoms with van der Waals surface area (Å²) in [6.07, 6.45) is 1.51. The van der Waals surface area contributed by atoms with E-state index in [1.165, 1.54) is 11.8 Å². The highest BCUT2D eigenvalue weighted by Gasteiger charge is 2.22. The summed E-state index contributed by atoms with van der Waals surface area (Å²) in [5, 5.41) is 4.15. The van der Waals surface area contributed by atoms with Crippen molar-refractivity contribution in [1.29, 1.82) is 0 Å². The molecule has 1 N–H and O–H groups in total. The molecule has 4 rings (SSSR count). The molecule has 0 bridgehead atoms. The molecule has 2 aromatic carbocycles. The average molecular weight is 451 g/mol. The Hall–Kier alpha value is -3.13. The van der Waals surface area contributed by atoms with Gasteiger partial charge in [0.15, 0.2) is 5.16 Å². The van der Waals surface area contributed by atoms with E-state index in [1.54, 1.807) is 22.5 Å². The van der Waals surface area contributed by atoms with Crippen LogP contribution in [0.1, 0.15) is 25.3 Å². The predicted molar refractivity (Wildman–Crippen MR) is 126 cm³/mol. The minimum Gasteiger partial charge on any atom is -0.353 e. The van der Waals surface area contributed by atoms with Gasteiger partial charge < -0.3 is 10.2 Å². The summed E-state index contributed by atoms with van der Waals surface area (Å²) in [5.41, 5.74) is 1.51. The van der Waals surface area contributed by atoms with Gasteiger partial charge in [0.1, 0.15) is 0 Å². The zero-order valence-electron chi connectivity index (χ0n) is 18.0. The van der Waals surface area contributed by atoms with Crippen molar-refractivity contribution in [3.63, 3.8) is 0 Å². The van der Waals surface area contributed by atoms with Crippen LogP contribution in [0.25, 0.3) is 10.9 Å². The van der Waals surface area contributed by atoms with Crippen LogP contribution in [0.2, 0.25) is 0 Å². The van der Waals surface area contributed by atoms with E-state index in [-0.39, 0.29) is 29.2 Å². The summed E-state index contributed by atoms with van der Waals surface area (Å²) in [4.78, 5) is 43.7. The highest BCUT2D eigenvalue weighted by Crippen LogP contribution is 2.19. The number of rotatable bonds is 6. The van der Waals surface area contributed by atoms with E-state index < -0.39 is 0 Å². The fourth-order valence-corrected chi connectivity index (χ4v) is 4.71. The lowest BCUT2D eigenvalue weighted by molar-refractivity contribution is -0.130. The number of hydrogen-bond acceptors (Lipinski definition) is 5. The number of likely N-dealkylation sites (tertiary alicyclic amines) is 1. The smallest absolute Gasteiger partial charge is 0.262 e. The van der Waals surface area contributed by atoms with Crippen molar-refractivity contribution in [1.82, 2.24) is 19.8 Å². The molecule has 2 amide bonds. The van der Waals surface area contributed by atoms with Crippen LogP contribution in [0.3, 0.4) is 0 Å². The van der Waals surface area contributed by atoms with Crippen LogP contribution in [0.15, 0.2) is 64.5 Å². The number of carbonyl (C=O) groups excluding carboxylic acids is 2. The van der Waals surface area contributed by atoms with Crippen molar-refractivity contribution in [3.8, 4) is 0 Å². The van der Waals surface area contributed by atoms with Gasteiger partial charge in [0.25, 0.3) is 5.56 Å². The first-order chi connectivity index (χ1) is 15.5. The van der Waals surface area contributed by atoms with E-state index in [1.807, 2.05) is 48.5 Å². The van der Waals surface area contributed by atoms with Crippen LogP contribution in [-0.2, 0) is 16.1 Å². The first-order valence-electron chi connectivity index (χ1n) is 10.7. The summed E-state index contributed by atoms with van der Waals surface area (Å²) < 4.78 is 1.64. The lowest BCUT2D eigenvalue weighted by Gasteiger charge is -2.31. The van der Waals surface area contributed by atoms with Gasteiger partial charge in [0.2, 0.25) is 11.8 Å². The molecular formula is C24H26N4O3S. The fraction of sp³-hybridized carbons (Fsp3) is 0.333. The topological polar surface area (TPSA) is 84.3 Å². The third kappa shape index (κ3) is 5.19. The van der Waals surface area contributed by atoms with Crippen molar-refractivity contribution in [2.45, 2.75) is 37.5 Å². The molecule has 0 spiro atoms. The van der Waals surface area contributed by atoms with Gasteiger partial charge in [0, 0.05) is 26.1 Å². The quantitative estimate of drug-likeness (QED) is 0.461. The first kappa shape index (κ1) is 22.1. The highest BCUT2D eigenvalue weighted by atomic mass is 32.2. The number of aromatic nitrogens is 2. The molecule has 7 nitrogen and oxygen atoms in total. The largest absolute Gasteiger partial charge is 0.353 e. The van der Waals surface area contributed by atoms with Crippen LogP contribution in [0, 0.1) is 0 Å². The Morgan fingerprint density at radius 2 is 1.75 bits per heavy atom. The summed E-state index contributed by atoms with van der Waals surface area (Å²) >= 11 is 1.27. The number of nitrogens with zero attached hydrogens (tertiary/aromatic N) is 3. The number of benzene rings is 2. The SMILES string of the molecule is CC(=O)N1CCC(NC(=O)CSc2nc3ccccc3c(=O)n2Cc2ccccc2)CC1. The third-order valence-electron chi connectivity index (χ3n) is 5.65. The molecule has 1 fully saturated rings. The number of thioether (sulfide) groups is 1. The second-order valence-electron chi connectivity index (χ2n) is 7.92. The third-order valence-corrected chi connectivity index (χ3v) is 6.62. The Kier molecular flexibility index (Phi) is 6.90. The van der Waals surface area contributed by atoms with E-state index in [4.69, 9.17) is 0 Å². The minimum atomic E-state index is -0.112. The molecule has 1 aliphatic heterocycles. The Balaban J connectivity index is 1.48. The van der Waals surface area contributed by atoms with Crippen molar-refractivity contribution in [2.75, 3.05) is 18.8 Å². The maximum Gasteiger partial charge on any atom is 0.262 e. The standard InChI is InChI=1S/C24H26N4O3S/c1-17(29)27-13-11-19(12-14-27)25-22(30)16-32-24-26-21-10-6-5-9-20(21)23(31)28(24)15-18-7-3-2-4-8-18/h2-10,19H,11-16H2,1H3,(H,25,30). The number of fused-ring (bicyclic) bond motifs is 1. The molecule has 32 heavy (non-hydrogen) atoms. The second kappa shape index (κ2) is 9.99. The van der Waals surface area contributed by atoms with Crippen LogP contribution in [0.4, 0.5) is 0 Å². The Morgan fingerprint density at radius 1 is 1.06 bits per heavy atom. The molecule has 3 aromatic rings. The first-order valence-corrected chi connectivity index (χ1v) is 11.7. The number of para-hydroxylation sites is 1. The molecule has 166 valence electrons. The number of carbonyl (C=O) groups is 2. The van der Waals surface area contributed by atoms with Crippen molar-refractivity contribution >= 4 is 34.5 Å². The zero-order valence-corrected chi connectivity index (χ0v) is 18.8. The van der Waals surface area contributed by atoms with Gasteiger partial charge in [-0.1, -0.05) is 54.2 Å². The maximum absolute atomic E-state index is 13.2. The summed E-state index contributed by atoms with van der Waals surface area (Å²) in [7, 11) is 0. The maximum atomic E-state index is 13.2. The van der Waals surface area contributed by atoms with Gasteiger partial charge in [-0.05, 0) is 30.5 Å². The summed E-state index contributed by atoms with van der Waals surface area (Å²) in [6.45, 7) is 3.29. The van der Waals surface area contributed by atoms with Crippen molar-refractivity contribution in [3.05, 3.63) is 70.5 Å². The Labute approximate surface area is 190 Å². The summed E-state index contributed by atoms with van der Waals surface area (Å²) in [5.74, 6) is 0.154. The fourth-order valence-electron chi connectivity index (χ4n) is 3.90.